The van der Waals surface area contributed by atoms with Crippen LogP contribution in [0.1, 0.15) is 15.9 Å². The molecule has 0 aliphatic carbocycles. The summed E-state index contributed by atoms with van der Waals surface area (Å²) in [6.45, 7) is 0.0941. The van der Waals surface area contributed by atoms with Gasteiger partial charge in [0.2, 0.25) is 0 Å². The Bertz CT molecular complexity index is 676. The first-order valence-electron chi connectivity index (χ1n) is 6.06. The number of benzene rings is 2. The van der Waals surface area contributed by atoms with Crippen molar-refractivity contribution in [2.45, 2.75) is 6.61 Å². The van der Waals surface area contributed by atoms with Crippen LogP contribution < -0.4 is 10.5 Å². The highest BCUT2D eigenvalue weighted by atomic mass is 79.9. The number of methoxy groups -OCH3 is 1. The smallest absolute Gasteiger partial charge is 0.338 e. The van der Waals surface area contributed by atoms with Gasteiger partial charge in [-0.1, -0.05) is 33.6 Å². The highest BCUT2D eigenvalue weighted by molar-refractivity contribution is 9.10. The van der Waals surface area contributed by atoms with Crippen molar-refractivity contribution in [1.82, 2.24) is 0 Å². The molecule has 0 radical (unpaired) electrons. The van der Waals surface area contributed by atoms with Crippen molar-refractivity contribution in [2.24, 2.45) is 0 Å². The number of halogens is 2. The Morgan fingerprint density at radius 3 is 2.67 bits per heavy atom. The fraction of sp³-hybridized carbons (Fsp3) is 0.133. The van der Waals surface area contributed by atoms with Gasteiger partial charge in [0.25, 0.3) is 0 Å². The van der Waals surface area contributed by atoms with Gasteiger partial charge in [0.1, 0.15) is 12.4 Å². The van der Waals surface area contributed by atoms with E-state index in [0.29, 0.717) is 22.0 Å². The predicted molar refractivity (Wildman–Crippen MR) is 85.7 cm³/mol. The molecule has 21 heavy (non-hydrogen) atoms. The fourth-order valence-electron chi connectivity index (χ4n) is 1.73. The van der Waals surface area contributed by atoms with E-state index in [9.17, 15) is 4.79 Å². The van der Waals surface area contributed by atoms with Gasteiger partial charge in [-0.3, -0.25) is 0 Å². The zero-order valence-electron chi connectivity index (χ0n) is 11.2. The molecule has 0 saturated carbocycles. The van der Waals surface area contributed by atoms with Crippen LogP contribution in [0, 0.1) is 0 Å². The Labute approximate surface area is 135 Å². The van der Waals surface area contributed by atoms with E-state index in [2.05, 4.69) is 15.9 Å². The second kappa shape index (κ2) is 6.83. The number of carbonyl (C=O) groups excluding carboxylic acids is 1. The third kappa shape index (κ3) is 3.89. The van der Waals surface area contributed by atoms with E-state index in [1.807, 2.05) is 6.07 Å². The molecule has 2 aromatic rings. The number of anilines is 1. The molecular weight excluding hydrogens is 358 g/mol. The molecule has 0 atom stereocenters. The summed E-state index contributed by atoms with van der Waals surface area (Å²) < 4.78 is 11.1. The Hall–Kier alpha value is -1.72. The Kier molecular flexibility index (Phi) is 5.09. The lowest BCUT2D eigenvalue weighted by Crippen LogP contribution is -2.06. The third-order valence-corrected chi connectivity index (χ3v) is 3.68. The lowest BCUT2D eigenvalue weighted by Gasteiger charge is -2.09. The van der Waals surface area contributed by atoms with Crippen molar-refractivity contribution >= 4 is 39.2 Å². The fourth-order valence-corrected chi connectivity index (χ4v) is 2.45. The van der Waals surface area contributed by atoms with Gasteiger partial charge in [0.05, 0.1) is 18.4 Å². The lowest BCUT2D eigenvalue weighted by molar-refractivity contribution is 0.0473. The number of hydrogen-bond acceptors (Lipinski definition) is 4. The van der Waals surface area contributed by atoms with Crippen LogP contribution in [0.2, 0.25) is 5.02 Å². The van der Waals surface area contributed by atoms with E-state index in [0.717, 1.165) is 10.0 Å². The molecule has 0 fully saturated rings. The molecule has 0 aliphatic heterocycles. The van der Waals surface area contributed by atoms with Gasteiger partial charge < -0.3 is 15.2 Å². The largest absolute Gasteiger partial charge is 0.495 e. The minimum atomic E-state index is -0.469. The molecule has 0 heterocycles. The molecular formula is C15H13BrClNO3. The topological polar surface area (TPSA) is 61.5 Å². The van der Waals surface area contributed by atoms with Crippen LogP contribution in [0.5, 0.6) is 5.75 Å². The van der Waals surface area contributed by atoms with E-state index in [1.165, 1.54) is 13.2 Å². The van der Waals surface area contributed by atoms with Gasteiger partial charge in [0, 0.05) is 15.1 Å². The number of nitrogens with two attached hydrogens (primary N) is 1. The Balaban J connectivity index is 2.06. The Morgan fingerprint density at radius 1 is 1.29 bits per heavy atom. The van der Waals surface area contributed by atoms with Gasteiger partial charge in [-0.2, -0.15) is 0 Å². The summed E-state index contributed by atoms with van der Waals surface area (Å²) in [5, 5.41) is 0.534. The van der Waals surface area contributed by atoms with E-state index in [-0.39, 0.29) is 6.61 Å². The number of esters is 1. The average molecular weight is 371 g/mol. The molecule has 0 unspecified atom stereocenters. The van der Waals surface area contributed by atoms with Crippen molar-refractivity contribution in [3.05, 3.63) is 57.0 Å². The maximum atomic E-state index is 12.0. The summed E-state index contributed by atoms with van der Waals surface area (Å²) in [6, 6.07) is 10.1. The van der Waals surface area contributed by atoms with Gasteiger partial charge in [-0.15, -0.1) is 0 Å². The van der Waals surface area contributed by atoms with Gasteiger partial charge >= 0.3 is 5.97 Å². The Morgan fingerprint density at radius 2 is 2.05 bits per heavy atom. The monoisotopic (exact) mass is 369 g/mol. The molecule has 0 aromatic heterocycles. The maximum Gasteiger partial charge on any atom is 0.338 e. The summed E-state index contributed by atoms with van der Waals surface area (Å²) in [5.74, 6) is 0.0471. The molecule has 2 rings (SSSR count). The average Bonchev–Trinajstić information content (AvgIpc) is 2.46. The summed E-state index contributed by atoms with van der Waals surface area (Å²) in [5.41, 5.74) is 7.24. The summed E-state index contributed by atoms with van der Waals surface area (Å²) >= 11 is 9.38. The van der Waals surface area contributed by atoms with Crippen LogP contribution in [-0.2, 0) is 11.3 Å². The summed E-state index contributed by atoms with van der Waals surface area (Å²) in [7, 11) is 1.51. The number of hydrogen-bond donors (Lipinski definition) is 1. The zero-order valence-corrected chi connectivity index (χ0v) is 13.6. The third-order valence-electron chi connectivity index (χ3n) is 2.84. The number of carbonyl (C=O) groups is 1. The standard InChI is InChI=1S/C15H13BrClNO3/c1-20-14-5-3-9(6-13(14)18)15(19)21-8-10-2-4-11(16)7-12(10)17/h2-7H,8,18H2,1H3. The highest BCUT2D eigenvalue weighted by Gasteiger charge is 2.11. The summed E-state index contributed by atoms with van der Waals surface area (Å²) in [4.78, 5) is 12.0. The van der Waals surface area contributed by atoms with Gasteiger partial charge in [-0.05, 0) is 30.3 Å². The minimum absolute atomic E-state index is 0.0941. The van der Waals surface area contributed by atoms with Crippen molar-refractivity contribution in [1.29, 1.82) is 0 Å². The van der Waals surface area contributed by atoms with Crippen LogP contribution in [-0.4, -0.2) is 13.1 Å². The molecule has 2 aromatic carbocycles. The quantitative estimate of drug-likeness (QED) is 0.651. The second-order valence-electron chi connectivity index (χ2n) is 4.27. The SMILES string of the molecule is COc1ccc(C(=O)OCc2ccc(Br)cc2Cl)cc1N. The summed E-state index contributed by atoms with van der Waals surface area (Å²) in [6.07, 6.45) is 0. The minimum Gasteiger partial charge on any atom is -0.495 e. The van der Waals surface area contributed by atoms with Crippen LogP contribution in [0.4, 0.5) is 5.69 Å². The number of ether oxygens (including phenoxy) is 2. The first-order valence-corrected chi connectivity index (χ1v) is 7.23. The molecule has 110 valence electrons. The molecule has 0 bridgehead atoms. The van der Waals surface area contributed by atoms with E-state index in [4.69, 9.17) is 26.8 Å². The van der Waals surface area contributed by atoms with E-state index in [1.54, 1.807) is 24.3 Å². The normalized spacial score (nSPS) is 10.2. The number of rotatable bonds is 4. The van der Waals surface area contributed by atoms with Crippen LogP contribution in [0.25, 0.3) is 0 Å². The maximum absolute atomic E-state index is 12.0. The molecule has 0 saturated heterocycles. The van der Waals surface area contributed by atoms with Crippen molar-refractivity contribution in [2.75, 3.05) is 12.8 Å². The van der Waals surface area contributed by atoms with Gasteiger partial charge in [0.15, 0.2) is 0 Å². The first kappa shape index (κ1) is 15.7. The zero-order chi connectivity index (χ0) is 15.4. The molecule has 6 heteroatoms. The second-order valence-corrected chi connectivity index (χ2v) is 5.59. The lowest BCUT2D eigenvalue weighted by atomic mass is 10.2. The van der Waals surface area contributed by atoms with E-state index < -0.39 is 5.97 Å². The molecule has 4 nitrogen and oxygen atoms in total. The van der Waals surface area contributed by atoms with Crippen LogP contribution in [0.3, 0.4) is 0 Å². The molecule has 0 aliphatic rings. The predicted octanol–water partition coefficient (Wildman–Crippen LogP) is 4.05. The van der Waals surface area contributed by atoms with Crippen molar-refractivity contribution in [3.63, 3.8) is 0 Å². The first-order chi connectivity index (χ1) is 10.0. The molecule has 2 N–H and O–H groups in total. The van der Waals surface area contributed by atoms with E-state index >= 15 is 0 Å². The van der Waals surface area contributed by atoms with Crippen LogP contribution >= 0.6 is 27.5 Å². The van der Waals surface area contributed by atoms with Gasteiger partial charge in [-0.25, -0.2) is 4.79 Å². The van der Waals surface area contributed by atoms with Crippen LogP contribution in [0.15, 0.2) is 40.9 Å². The molecule has 0 spiro atoms. The van der Waals surface area contributed by atoms with Crippen molar-refractivity contribution < 1.29 is 14.3 Å². The highest BCUT2D eigenvalue weighted by Crippen LogP contribution is 2.24. The number of nitrogen functional groups attached to an aromatic ring is 1. The molecule has 0 amide bonds. The van der Waals surface area contributed by atoms with Crippen molar-refractivity contribution in [3.8, 4) is 5.75 Å².